The summed E-state index contributed by atoms with van der Waals surface area (Å²) < 4.78 is 2.84. The Kier molecular flexibility index (Phi) is 1.65. The van der Waals surface area contributed by atoms with Crippen molar-refractivity contribution in [2.75, 3.05) is 0 Å². The third-order valence-electron chi connectivity index (χ3n) is 2.54. The minimum absolute atomic E-state index is 0.188. The lowest BCUT2D eigenvalue weighted by Crippen LogP contribution is -2.37. The summed E-state index contributed by atoms with van der Waals surface area (Å²) in [5.41, 5.74) is 0.484. The smallest absolute Gasteiger partial charge is 0.297 e. The van der Waals surface area contributed by atoms with E-state index in [1.54, 1.807) is 10.6 Å². The van der Waals surface area contributed by atoms with Crippen molar-refractivity contribution in [3.05, 3.63) is 32.6 Å². The Morgan fingerprint density at radius 1 is 1.46 bits per heavy atom. The molecular formula is C9H12N2O2. The Bertz CT molecular complexity index is 456. The van der Waals surface area contributed by atoms with Crippen LogP contribution in [0.2, 0.25) is 0 Å². The van der Waals surface area contributed by atoms with Gasteiger partial charge in [-0.1, -0.05) is 6.92 Å². The van der Waals surface area contributed by atoms with Gasteiger partial charge in [0.05, 0.1) is 0 Å². The van der Waals surface area contributed by atoms with Gasteiger partial charge in [-0.25, -0.2) is 4.79 Å². The average molecular weight is 180 g/mol. The average Bonchev–Trinajstić information content (AvgIpc) is 2.42. The van der Waals surface area contributed by atoms with E-state index in [2.05, 4.69) is 6.92 Å². The van der Waals surface area contributed by atoms with E-state index in [-0.39, 0.29) is 11.2 Å². The molecule has 0 aromatic carbocycles. The van der Waals surface area contributed by atoms with E-state index < -0.39 is 0 Å². The van der Waals surface area contributed by atoms with Crippen LogP contribution in [0.3, 0.4) is 0 Å². The lowest BCUT2D eigenvalue weighted by atomic mass is 10.1. The fraction of sp³-hybridized carbons (Fsp3) is 0.556. The van der Waals surface area contributed by atoms with Gasteiger partial charge >= 0.3 is 5.69 Å². The molecule has 0 aliphatic carbocycles. The van der Waals surface area contributed by atoms with Gasteiger partial charge in [-0.2, -0.15) is 0 Å². The van der Waals surface area contributed by atoms with Gasteiger partial charge in [-0.3, -0.25) is 13.9 Å². The van der Waals surface area contributed by atoms with Crippen molar-refractivity contribution in [3.63, 3.8) is 0 Å². The van der Waals surface area contributed by atoms with Crippen molar-refractivity contribution in [2.45, 2.75) is 19.9 Å². The molecule has 0 saturated carbocycles. The van der Waals surface area contributed by atoms with Crippen molar-refractivity contribution in [2.24, 2.45) is 13.0 Å². The summed E-state index contributed by atoms with van der Waals surface area (Å²) in [5.74, 6) is 0.467. The molecule has 0 radical (unpaired) electrons. The standard InChI is InChI=1S/C9H12N2O2/c1-6-3-7-4-8(12)10(2)9(13)11(7)5-6/h4,6H,3,5H2,1-2H3/t6-/m0/s1. The van der Waals surface area contributed by atoms with Crippen LogP contribution in [0.5, 0.6) is 0 Å². The molecule has 0 fully saturated rings. The fourth-order valence-electron chi connectivity index (χ4n) is 1.81. The van der Waals surface area contributed by atoms with Gasteiger partial charge in [-0.05, 0) is 12.3 Å². The molecule has 13 heavy (non-hydrogen) atoms. The molecule has 0 amide bonds. The normalized spacial score (nSPS) is 20.3. The van der Waals surface area contributed by atoms with Crippen LogP contribution in [0.15, 0.2) is 15.7 Å². The largest absolute Gasteiger partial charge is 0.330 e. The Balaban J connectivity index is 2.74. The topological polar surface area (TPSA) is 44.0 Å². The Morgan fingerprint density at radius 3 is 2.85 bits per heavy atom. The molecule has 2 rings (SSSR count). The number of hydrogen-bond donors (Lipinski definition) is 0. The maximum absolute atomic E-state index is 11.6. The molecule has 0 bridgehead atoms. The highest BCUT2D eigenvalue weighted by molar-refractivity contribution is 5.07. The number of nitrogens with zero attached hydrogens (tertiary/aromatic N) is 2. The molecule has 1 aromatic heterocycles. The van der Waals surface area contributed by atoms with Crippen molar-refractivity contribution in [1.82, 2.24) is 9.13 Å². The molecule has 70 valence electrons. The first-order valence-corrected chi connectivity index (χ1v) is 4.39. The van der Waals surface area contributed by atoms with Crippen LogP contribution in [0, 0.1) is 5.92 Å². The predicted molar refractivity (Wildman–Crippen MR) is 48.8 cm³/mol. The van der Waals surface area contributed by atoms with Gasteiger partial charge in [0.1, 0.15) is 0 Å². The first kappa shape index (κ1) is 8.29. The zero-order valence-corrected chi connectivity index (χ0v) is 7.78. The molecule has 2 heterocycles. The van der Waals surface area contributed by atoms with Crippen LogP contribution in [-0.2, 0) is 20.0 Å². The van der Waals surface area contributed by atoms with E-state index in [4.69, 9.17) is 0 Å². The van der Waals surface area contributed by atoms with E-state index >= 15 is 0 Å². The van der Waals surface area contributed by atoms with E-state index in [0.29, 0.717) is 5.92 Å². The molecule has 1 atom stereocenters. The predicted octanol–water partition coefficient (Wildman–Crippen LogP) is -0.261. The van der Waals surface area contributed by atoms with Crippen LogP contribution >= 0.6 is 0 Å². The minimum Gasteiger partial charge on any atom is -0.297 e. The minimum atomic E-state index is -0.203. The summed E-state index contributed by atoms with van der Waals surface area (Å²) in [6.45, 7) is 2.82. The molecule has 0 saturated heterocycles. The highest BCUT2D eigenvalue weighted by Gasteiger charge is 2.19. The first-order valence-electron chi connectivity index (χ1n) is 4.39. The summed E-state index contributed by atoms with van der Waals surface area (Å²) >= 11 is 0. The van der Waals surface area contributed by atoms with Crippen LogP contribution in [0.4, 0.5) is 0 Å². The highest BCUT2D eigenvalue weighted by Crippen LogP contribution is 2.15. The summed E-state index contributed by atoms with van der Waals surface area (Å²) in [5, 5.41) is 0. The second-order valence-electron chi connectivity index (χ2n) is 3.74. The van der Waals surface area contributed by atoms with Gasteiger partial charge in [0.2, 0.25) is 0 Å². The fourth-order valence-corrected chi connectivity index (χ4v) is 1.81. The van der Waals surface area contributed by atoms with Crippen LogP contribution in [0.1, 0.15) is 12.6 Å². The van der Waals surface area contributed by atoms with Crippen molar-refractivity contribution >= 4 is 0 Å². The second-order valence-corrected chi connectivity index (χ2v) is 3.74. The summed E-state index contributed by atoms with van der Waals surface area (Å²) in [6, 6.07) is 1.56. The molecule has 0 spiro atoms. The Labute approximate surface area is 75.4 Å². The van der Waals surface area contributed by atoms with Gasteiger partial charge in [0.15, 0.2) is 0 Å². The van der Waals surface area contributed by atoms with Crippen molar-refractivity contribution in [3.8, 4) is 0 Å². The highest BCUT2D eigenvalue weighted by atomic mass is 16.2. The van der Waals surface area contributed by atoms with Crippen LogP contribution in [0.25, 0.3) is 0 Å². The van der Waals surface area contributed by atoms with Gasteiger partial charge in [0, 0.05) is 25.4 Å². The Hall–Kier alpha value is -1.32. The third-order valence-corrected chi connectivity index (χ3v) is 2.54. The molecule has 1 aliphatic rings. The third kappa shape index (κ3) is 1.13. The zero-order valence-electron chi connectivity index (χ0n) is 7.78. The zero-order chi connectivity index (χ0) is 9.59. The summed E-state index contributed by atoms with van der Waals surface area (Å²) in [4.78, 5) is 22.8. The maximum atomic E-state index is 11.6. The first-order chi connectivity index (χ1) is 6.09. The Morgan fingerprint density at radius 2 is 2.15 bits per heavy atom. The SMILES string of the molecule is C[C@H]1Cc2cc(=O)n(C)c(=O)n2C1. The molecule has 4 heteroatoms. The monoisotopic (exact) mass is 180 g/mol. The molecule has 0 unspecified atom stereocenters. The quantitative estimate of drug-likeness (QED) is 0.552. The van der Waals surface area contributed by atoms with Gasteiger partial charge in [-0.15, -0.1) is 0 Å². The van der Waals surface area contributed by atoms with Crippen LogP contribution < -0.4 is 11.2 Å². The summed E-state index contributed by atoms with van der Waals surface area (Å²) in [6.07, 6.45) is 0.839. The summed E-state index contributed by atoms with van der Waals surface area (Å²) in [7, 11) is 1.51. The van der Waals surface area contributed by atoms with Gasteiger partial charge in [0.25, 0.3) is 5.56 Å². The number of rotatable bonds is 0. The molecule has 4 nitrogen and oxygen atoms in total. The number of fused-ring (bicyclic) bond motifs is 1. The van der Waals surface area contributed by atoms with E-state index in [1.165, 1.54) is 7.05 Å². The lowest BCUT2D eigenvalue weighted by Gasteiger charge is -2.03. The number of aromatic nitrogens is 2. The van der Waals surface area contributed by atoms with E-state index in [9.17, 15) is 9.59 Å². The van der Waals surface area contributed by atoms with E-state index in [1.807, 2.05) is 0 Å². The van der Waals surface area contributed by atoms with Crippen molar-refractivity contribution in [1.29, 1.82) is 0 Å². The lowest BCUT2D eigenvalue weighted by molar-refractivity contribution is 0.537. The maximum Gasteiger partial charge on any atom is 0.330 e. The molecular weight excluding hydrogens is 168 g/mol. The molecule has 0 N–H and O–H groups in total. The molecule has 1 aromatic rings. The number of hydrogen-bond acceptors (Lipinski definition) is 2. The van der Waals surface area contributed by atoms with Crippen molar-refractivity contribution < 1.29 is 0 Å². The van der Waals surface area contributed by atoms with Gasteiger partial charge < -0.3 is 0 Å². The van der Waals surface area contributed by atoms with Crippen LogP contribution in [-0.4, -0.2) is 9.13 Å². The second kappa shape index (κ2) is 2.58. The molecule has 1 aliphatic heterocycles. The van der Waals surface area contributed by atoms with E-state index in [0.717, 1.165) is 23.2 Å².